The molecule has 0 radical (unpaired) electrons. The average molecular weight is 377 g/mol. The van der Waals surface area contributed by atoms with Crippen LogP contribution < -0.4 is 11.5 Å². The van der Waals surface area contributed by atoms with Gasteiger partial charge in [0.1, 0.15) is 0 Å². The third kappa shape index (κ3) is 2.44. The monoisotopic (exact) mass is 376 g/mol. The minimum Gasteiger partial charge on any atom is -0.397 e. The number of hydrogen-bond donors (Lipinski definition) is 2. The van der Waals surface area contributed by atoms with E-state index in [1.54, 1.807) is 30.3 Å². The molecule has 0 spiro atoms. The predicted molar refractivity (Wildman–Crippen MR) is 103 cm³/mol. The Hall–Kier alpha value is -3.44. The minimum atomic E-state index is -0.442. The summed E-state index contributed by atoms with van der Waals surface area (Å²) in [5.74, 6) is -1.30. The van der Waals surface area contributed by atoms with Crippen molar-refractivity contribution in [3.63, 3.8) is 0 Å². The molecular formula is C21H13ClN2O3. The van der Waals surface area contributed by atoms with Crippen LogP contribution in [0.1, 0.15) is 47.8 Å². The van der Waals surface area contributed by atoms with Crippen LogP contribution >= 0.6 is 11.6 Å². The predicted octanol–water partition coefficient (Wildman–Crippen LogP) is 3.51. The molecule has 0 aromatic heterocycles. The summed E-state index contributed by atoms with van der Waals surface area (Å²) >= 11 is 6.13. The highest BCUT2D eigenvalue weighted by Gasteiger charge is 2.35. The molecule has 132 valence electrons. The van der Waals surface area contributed by atoms with Gasteiger partial charge in [0, 0.05) is 27.8 Å². The van der Waals surface area contributed by atoms with E-state index in [4.69, 9.17) is 23.1 Å². The van der Waals surface area contributed by atoms with E-state index < -0.39 is 17.3 Å². The van der Waals surface area contributed by atoms with Gasteiger partial charge in [0.2, 0.25) is 0 Å². The molecule has 0 amide bonds. The molecule has 1 aliphatic rings. The van der Waals surface area contributed by atoms with Gasteiger partial charge < -0.3 is 11.5 Å². The lowest BCUT2D eigenvalue weighted by atomic mass is 9.79. The van der Waals surface area contributed by atoms with Crippen molar-refractivity contribution in [1.82, 2.24) is 0 Å². The second-order valence-corrected chi connectivity index (χ2v) is 6.59. The molecule has 3 aromatic carbocycles. The van der Waals surface area contributed by atoms with Crippen molar-refractivity contribution in [2.75, 3.05) is 11.5 Å². The van der Waals surface area contributed by atoms with E-state index in [0.717, 1.165) is 0 Å². The maximum absolute atomic E-state index is 13.1. The number of nitrogens with two attached hydrogens (primary N) is 2. The zero-order valence-corrected chi connectivity index (χ0v) is 14.7. The molecule has 5 nitrogen and oxygen atoms in total. The lowest BCUT2D eigenvalue weighted by Crippen LogP contribution is -2.25. The fraction of sp³-hybridized carbons (Fsp3) is 0. The number of hydrogen-bond acceptors (Lipinski definition) is 5. The van der Waals surface area contributed by atoms with Gasteiger partial charge in [-0.1, -0.05) is 41.9 Å². The first-order valence-corrected chi connectivity index (χ1v) is 8.49. The van der Waals surface area contributed by atoms with Crippen LogP contribution in [0.2, 0.25) is 5.02 Å². The van der Waals surface area contributed by atoms with E-state index in [-0.39, 0.29) is 49.8 Å². The lowest BCUT2D eigenvalue weighted by Gasteiger charge is -2.21. The number of nitrogen functional groups attached to an aromatic ring is 2. The van der Waals surface area contributed by atoms with Gasteiger partial charge in [0.05, 0.1) is 22.0 Å². The van der Waals surface area contributed by atoms with E-state index in [2.05, 4.69) is 0 Å². The molecule has 0 unspecified atom stereocenters. The maximum Gasteiger partial charge on any atom is 0.196 e. The van der Waals surface area contributed by atoms with Gasteiger partial charge in [-0.2, -0.15) is 0 Å². The summed E-state index contributed by atoms with van der Waals surface area (Å²) in [5, 5.41) is 0.270. The molecule has 0 fully saturated rings. The van der Waals surface area contributed by atoms with Crippen LogP contribution in [0.3, 0.4) is 0 Å². The first-order valence-electron chi connectivity index (χ1n) is 8.11. The van der Waals surface area contributed by atoms with E-state index >= 15 is 0 Å². The first kappa shape index (κ1) is 17.0. The fourth-order valence-electron chi connectivity index (χ4n) is 3.30. The normalized spacial score (nSPS) is 12.5. The molecule has 0 heterocycles. The SMILES string of the molecule is Nc1ccc2c(c1N)C(=O)c1cccc(C(=O)c3ccccc3Cl)c1C2=O. The third-order valence-corrected chi connectivity index (χ3v) is 4.98. The number of halogens is 1. The number of carbonyl (C=O) groups excluding carboxylic acids is 3. The summed E-state index contributed by atoms with van der Waals surface area (Å²) in [7, 11) is 0. The second kappa shape index (κ2) is 6.07. The molecule has 6 heteroatoms. The van der Waals surface area contributed by atoms with Crippen LogP contribution in [-0.4, -0.2) is 17.3 Å². The molecular weight excluding hydrogens is 364 g/mol. The Morgan fingerprint density at radius 1 is 0.741 bits per heavy atom. The van der Waals surface area contributed by atoms with Gasteiger partial charge in [-0.3, -0.25) is 14.4 Å². The van der Waals surface area contributed by atoms with Crippen LogP contribution in [-0.2, 0) is 0 Å². The Morgan fingerprint density at radius 3 is 2.11 bits per heavy atom. The van der Waals surface area contributed by atoms with Crippen molar-refractivity contribution in [1.29, 1.82) is 0 Å². The van der Waals surface area contributed by atoms with E-state index in [1.807, 2.05) is 0 Å². The molecule has 1 aliphatic carbocycles. The number of anilines is 2. The van der Waals surface area contributed by atoms with Gasteiger partial charge in [0.15, 0.2) is 17.3 Å². The van der Waals surface area contributed by atoms with Gasteiger partial charge >= 0.3 is 0 Å². The number of fused-ring (bicyclic) bond motifs is 2. The molecule has 0 aliphatic heterocycles. The van der Waals surface area contributed by atoms with Crippen LogP contribution in [0.15, 0.2) is 54.6 Å². The molecule has 0 saturated heterocycles. The number of benzene rings is 3. The molecule has 0 bridgehead atoms. The Morgan fingerprint density at radius 2 is 1.37 bits per heavy atom. The van der Waals surface area contributed by atoms with Crippen molar-refractivity contribution in [2.45, 2.75) is 0 Å². The molecule has 3 aromatic rings. The van der Waals surface area contributed by atoms with E-state index in [9.17, 15) is 14.4 Å². The summed E-state index contributed by atoms with van der Waals surface area (Å²) in [6.07, 6.45) is 0. The second-order valence-electron chi connectivity index (χ2n) is 6.19. The Bertz CT molecular complexity index is 1170. The Kier molecular flexibility index (Phi) is 3.82. The van der Waals surface area contributed by atoms with Crippen molar-refractivity contribution in [3.8, 4) is 0 Å². The average Bonchev–Trinajstić information content (AvgIpc) is 2.67. The highest BCUT2D eigenvalue weighted by atomic mass is 35.5. The molecule has 27 heavy (non-hydrogen) atoms. The van der Waals surface area contributed by atoms with Crippen molar-refractivity contribution in [3.05, 3.63) is 93.0 Å². The third-order valence-electron chi connectivity index (χ3n) is 4.65. The van der Waals surface area contributed by atoms with Crippen molar-refractivity contribution >= 4 is 40.3 Å². The summed E-state index contributed by atoms with van der Waals surface area (Å²) < 4.78 is 0. The lowest BCUT2D eigenvalue weighted by molar-refractivity contribution is 0.0971. The maximum atomic E-state index is 13.1. The Labute approximate surface area is 159 Å². The highest BCUT2D eigenvalue weighted by molar-refractivity contribution is 6.37. The van der Waals surface area contributed by atoms with Crippen molar-refractivity contribution in [2.24, 2.45) is 0 Å². The summed E-state index contributed by atoms with van der Waals surface area (Å²) in [4.78, 5) is 39.1. The van der Waals surface area contributed by atoms with Crippen LogP contribution in [0.5, 0.6) is 0 Å². The summed E-state index contributed by atoms with van der Waals surface area (Å²) in [5.41, 5.74) is 12.8. The zero-order chi connectivity index (χ0) is 19.3. The van der Waals surface area contributed by atoms with Crippen LogP contribution in [0.25, 0.3) is 0 Å². The number of carbonyl (C=O) groups is 3. The Balaban J connectivity index is 1.96. The summed E-state index contributed by atoms with van der Waals surface area (Å²) in [6, 6.07) is 14.1. The molecule has 0 atom stereocenters. The fourth-order valence-corrected chi connectivity index (χ4v) is 3.53. The number of ketones is 3. The van der Waals surface area contributed by atoms with Gasteiger partial charge in [0.25, 0.3) is 0 Å². The van der Waals surface area contributed by atoms with Crippen molar-refractivity contribution < 1.29 is 14.4 Å². The first-order chi connectivity index (χ1) is 12.9. The zero-order valence-electron chi connectivity index (χ0n) is 14.0. The van der Waals surface area contributed by atoms with Gasteiger partial charge in [-0.15, -0.1) is 0 Å². The van der Waals surface area contributed by atoms with E-state index in [0.29, 0.717) is 0 Å². The molecule has 0 saturated carbocycles. The topological polar surface area (TPSA) is 103 Å². The number of rotatable bonds is 2. The van der Waals surface area contributed by atoms with Crippen LogP contribution in [0, 0.1) is 0 Å². The molecule has 4 rings (SSSR count). The van der Waals surface area contributed by atoms with Crippen LogP contribution in [0.4, 0.5) is 11.4 Å². The van der Waals surface area contributed by atoms with E-state index in [1.165, 1.54) is 24.3 Å². The van der Waals surface area contributed by atoms with Gasteiger partial charge in [-0.25, -0.2) is 0 Å². The minimum absolute atomic E-state index is 0.0593. The largest absolute Gasteiger partial charge is 0.397 e. The standard InChI is InChI=1S/C21H13ClN2O3/c22-14-7-2-1-4-10(14)19(25)11-5-3-6-12-16(11)20(26)13-8-9-15(23)18(24)17(13)21(12)27/h1-9H,23-24H2. The quantitative estimate of drug-likeness (QED) is 0.411. The smallest absolute Gasteiger partial charge is 0.196 e. The highest BCUT2D eigenvalue weighted by Crippen LogP contribution is 2.35. The molecule has 4 N–H and O–H groups in total. The van der Waals surface area contributed by atoms with Gasteiger partial charge in [-0.05, 0) is 24.3 Å². The summed E-state index contributed by atoms with van der Waals surface area (Å²) in [6.45, 7) is 0.